The zero-order valence-electron chi connectivity index (χ0n) is 45.1. The third-order valence-electron chi connectivity index (χ3n) is 18.0. The first kappa shape index (κ1) is 45.8. The van der Waals surface area contributed by atoms with Gasteiger partial charge in [0.15, 0.2) is 5.58 Å². The van der Waals surface area contributed by atoms with E-state index in [-0.39, 0.29) is 33.9 Å². The number of hydrogen-bond donors (Lipinski definition) is 0. The van der Waals surface area contributed by atoms with Crippen molar-refractivity contribution in [2.24, 2.45) is 0 Å². The molecule has 0 N–H and O–H groups in total. The molecule has 0 radical (unpaired) electrons. The highest BCUT2D eigenvalue weighted by Gasteiger charge is 2.51. The zero-order chi connectivity index (χ0) is 51.2. The highest BCUT2D eigenvalue weighted by atomic mass is 32.1. The Balaban J connectivity index is 1.19. The van der Waals surface area contributed by atoms with Crippen LogP contribution in [0, 0.1) is 0 Å². The Morgan fingerprint density at radius 2 is 1.16 bits per heavy atom. The van der Waals surface area contributed by atoms with Crippen LogP contribution in [0.4, 0.5) is 28.4 Å². The average Bonchev–Trinajstić information content (AvgIpc) is 4.06. The number of rotatable bonds is 3. The van der Waals surface area contributed by atoms with Crippen LogP contribution in [-0.2, 0) is 27.1 Å². The summed E-state index contributed by atoms with van der Waals surface area (Å²) in [5, 5.41) is 3.59. The minimum Gasteiger partial charge on any atom is -0.454 e. The summed E-state index contributed by atoms with van der Waals surface area (Å²) < 4.78 is 10.1. The van der Waals surface area contributed by atoms with Gasteiger partial charge in [-0.05, 0) is 156 Å². The van der Waals surface area contributed by atoms with Gasteiger partial charge in [-0.2, -0.15) is 0 Å². The molecule has 3 nitrogen and oxygen atoms in total. The highest BCUT2D eigenvalue weighted by Crippen LogP contribution is 2.59. The Kier molecular flexibility index (Phi) is 9.38. The molecule has 0 spiro atoms. The number of thiophene rings is 1. The molecule has 4 aliphatic rings. The number of anilines is 5. The summed E-state index contributed by atoms with van der Waals surface area (Å²) in [6, 6.07) is 58.7. The molecule has 0 unspecified atom stereocenters. The van der Waals surface area contributed by atoms with E-state index in [1.54, 1.807) is 0 Å². The molecule has 0 saturated heterocycles. The summed E-state index contributed by atoms with van der Waals surface area (Å²) in [7, 11) is 0. The molecule has 366 valence electrons. The lowest BCUT2D eigenvalue weighted by Gasteiger charge is -2.45. The van der Waals surface area contributed by atoms with Crippen LogP contribution in [0.5, 0.6) is 0 Å². The zero-order valence-corrected chi connectivity index (χ0v) is 46.0. The van der Waals surface area contributed by atoms with Gasteiger partial charge in [0, 0.05) is 53.6 Å². The predicted molar refractivity (Wildman–Crippen MR) is 319 cm³/mol. The molecule has 4 heterocycles. The van der Waals surface area contributed by atoms with E-state index >= 15 is 0 Å². The Hall–Kier alpha value is -6.82. The first-order valence-corrected chi connectivity index (χ1v) is 27.8. The van der Waals surface area contributed by atoms with Crippen LogP contribution in [0.3, 0.4) is 0 Å². The van der Waals surface area contributed by atoms with E-state index in [9.17, 15) is 0 Å². The summed E-state index contributed by atoms with van der Waals surface area (Å²) in [5.74, 6) is 0. The third kappa shape index (κ3) is 6.38. The Morgan fingerprint density at radius 3 is 1.89 bits per heavy atom. The molecule has 0 saturated carbocycles. The van der Waals surface area contributed by atoms with Crippen molar-refractivity contribution in [3.8, 4) is 33.4 Å². The van der Waals surface area contributed by atoms with E-state index in [4.69, 9.17) is 4.42 Å². The number of nitrogens with zero attached hydrogens (tertiary/aromatic N) is 2. The quantitative estimate of drug-likeness (QED) is 0.165. The fourth-order valence-corrected chi connectivity index (χ4v) is 14.9. The van der Waals surface area contributed by atoms with Crippen molar-refractivity contribution < 1.29 is 4.42 Å². The smallest absolute Gasteiger partial charge is 0.343 e. The molecule has 8 aromatic carbocycles. The van der Waals surface area contributed by atoms with Crippen LogP contribution in [0.2, 0.25) is 0 Å². The number of hydrogen-bond acceptors (Lipinski definition) is 4. The van der Waals surface area contributed by atoms with Gasteiger partial charge in [0.05, 0.1) is 17.1 Å². The lowest BCUT2D eigenvalue weighted by molar-refractivity contribution is 0.332. The largest absolute Gasteiger partial charge is 0.454 e. The Labute approximate surface area is 442 Å². The van der Waals surface area contributed by atoms with Gasteiger partial charge >= 0.3 is 6.85 Å². The van der Waals surface area contributed by atoms with Crippen molar-refractivity contribution in [2.45, 2.75) is 123 Å². The van der Waals surface area contributed by atoms with E-state index in [0.717, 1.165) is 46.2 Å². The number of benzene rings is 8. The summed E-state index contributed by atoms with van der Waals surface area (Å²) in [6.07, 6.45) is 2.31. The molecule has 5 heteroatoms. The summed E-state index contributed by atoms with van der Waals surface area (Å²) in [5.41, 5.74) is 24.9. The first-order chi connectivity index (χ1) is 35.2. The average molecular weight is 981 g/mol. The Bertz CT molecular complexity index is 4020. The second kappa shape index (κ2) is 15.2. The van der Waals surface area contributed by atoms with Crippen molar-refractivity contribution >= 4 is 88.9 Å². The van der Waals surface area contributed by atoms with E-state index < -0.39 is 0 Å². The van der Waals surface area contributed by atoms with Gasteiger partial charge in [0.1, 0.15) is 5.58 Å². The molecule has 2 aliphatic carbocycles. The molecule has 0 atom stereocenters. The molecule has 0 fully saturated rings. The molecule has 2 aromatic heterocycles. The van der Waals surface area contributed by atoms with E-state index in [0.29, 0.717) is 0 Å². The van der Waals surface area contributed by atoms with E-state index in [2.05, 4.69) is 244 Å². The minimum atomic E-state index is -0.184. The maximum absolute atomic E-state index is 7.43. The molecular weight excluding hydrogens is 916 g/mol. The normalized spacial score (nSPS) is 16.8. The molecule has 0 bridgehead atoms. The van der Waals surface area contributed by atoms with Gasteiger partial charge < -0.3 is 14.1 Å². The maximum Gasteiger partial charge on any atom is 0.343 e. The lowest BCUT2D eigenvalue weighted by atomic mass is 9.46. The standard InChI is InChI=1S/C69H65BN2OS/c1-65(2,3)41-26-29-43(30-27-41)72-57-38-53-47(44-22-16-18-24-52(44)69(53,11)12)35-48(57)49-36-50-45-23-17-19-25-58(45)73-63(50)62-60(49)70(72)64-61(51-37-54-55(39-59(51)74-64)68(9,10)33-32-67(54,7)8)71(62)56-31-28-42(66(4,5)6)34-46(56)40-20-14-13-15-21-40/h13-31,34-39H,32-33H2,1-12H3. The van der Waals surface area contributed by atoms with Crippen molar-refractivity contribution in [2.75, 3.05) is 9.71 Å². The molecule has 2 aliphatic heterocycles. The van der Waals surface area contributed by atoms with Crippen LogP contribution in [0.15, 0.2) is 156 Å². The van der Waals surface area contributed by atoms with Crippen molar-refractivity contribution in [1.29, 1.82) is 0 Å². The van der Waals surface area contributed by atoms with Crippen molar-refractivity contribution in [1.82, 2.24) is 0 Å². The first-order valence-electron chi connectivity index (χ1n) is 27.0. The van der Waals surface area contributed by atoms with Crippen LogP contribution in [0.25, 0.3) is 65.4 Å². The van der Waals surface area contributed by atoms with Crippen LogP contribution in [-0.4, -0.2) is 6.85 Å². The molecule has 74 heavy (non-hydrogen) atoms. The Morgan fingerprint density at radius 1 is 0.500 bits per heavy atom. The number of para-hydroxylation sites is 1. The molecule has 0 amide bonds. The van der Waals surface area contributed by atoms with Crippen molar-refractivity contribution in [3.05, 3.63) is 185 Å². The topological polar surface area (TPSA) is 19.6 Å². The monoisotopic (exact) mass is 980 g/mol. The minimum absolute atomic E-state index is 0.00524. The van der Waals surface area contributed by atoms with Gasteiger partial charge in [-0.25, -0.2) is 0 Å². The van der Waals surface area contributed by atoms with Gasteiger partial charge in [0.2, 0.25) is 0 Å². The second-order valence-electron chi connectivity index (χ2n) is 26.0. The number of fused-ring (bicyclic) bond motifs is 14. The summed E-state index contributed by atoms with van der Waals surface area (Å²) >= 11 is 2.01. The van der Waals surface area contributed by atoms with E-state index in [1.165, 1.54) is 104 Å². The molecule has 10 aromatic rings. The van der Waals surface area contributed by atoms with Crippen LogP contribution in [0.1, 0.15) is 129 Å². The predicted octanol–water partition coefficient (Wildman–Crippen LogP) is 18.4. The van der Waals surface area contributed by atoms with Gasteiger partial charge in [0.25, 0.3) is 0 Å². The van der Waals surface area contributed by atoms with Crippen LogP contribution >= 0.6 is 11.3 Å². The summed E-state index contributed by atoms with van der Waals surface area (Å²) in [6.45, 7) is 28.5. The van der Waals surface area contributed by atoms with Crippen molar-refractivity contribution in [3.63, 3.8) is 0 Å². The fraction of sp³-hybridized carbons (Fsp3) is 0.275. The van der Waals surface area contributed by atoms with Gasteiger partial charge in [-0.3, -0.25) is 0 Å². The van der Waals surface area contributed by atoms with Gasteiger partial charge in [-0.1, -0.05) is 174 Å². The number of furan rings is 1. The second-order valence-corrected chi connectivity index (χ2v) is 27.1. The highest BCUT2D eigenvalue weighted by molar-refractivity contribution is 7.32. The molecular formula is C69H65BN2OS. The summed E-state index contributed by atoms with van der Waals surface area (Å²) in [4.78, 5) is 5.43. The fourth-order valence-electron chi connectivity index (χ4n) is 13.6. The van der Waals surface area contributed by atoms with E-state index in [1.807, 2.05) is 11.3 Å². The van der Waals surface area contributed by atoms with Gasteiger partial charge in [-0.15, -0.1) is 11.3 Å². The molecule has 14 rings (SSSR count). The lowest BCUT2D eigenvalue weighted by Crippen LogP contribution is -2.60. The maximum atomic E-state index is 7.43. The van der Waals surface area contributed by atoms with Crippen LogP contribution < -0.4 is 20.0 Å². The SMILES string of the molecule is CC(C)(C)c1ccc(N2B3c4sc5cc6c(cc5c4N(c4ccc(C(C)(C)C)cc4-c4ccccc4)c4c3c(cc3c4oc4ccccc43)-c3cc4c(cc32)C(C)(C)c2ccccc2-4)C(C)(C)CCC6(C)C)cc1. The third-order valence-corrected chi connectivity index (χ3v) is 19.2.